The summed E-state index contributed by atoms with van der Waals surface area (Å²) in [6.45, 7) is 5.42. The van der Waals surface area contributed by atoms with Gasteiger partial charge in [-0.3, -0.25) is 4.79 Å². The van der Waals surface area contributed by atoms with Crippen molar-refractivity contribution < 1.29 is 13.7 Å². The van der Waals surface area contributed by atoms with Crippen molar-refractivity contribution in [3.05, 3.63) is 36.4 Å². The lowest BCUT2D eigenvalue weighted by molar-refractivity contribution is -0.125. The van der Waals surface area contributed by atoms with Gasteiger partial charge < -0.3 is 14.7 Å². The Morgan fingerprint density at radius 2 is 2.14 bits per heavy atom. The zero-order valence-corrected chi connectivity index (χ0v) is 16.6. The second-order valence-electron chi connectivity index (χ2n) is 7.52. The Morgan fingerprint density at radius 3 is 2.90 bits per heavy atom. The standard InChI is InChI=1S/C21H24FN5O2/c1-3-13(2)25-20(28)15-5-4-10-27(11-15)19-17-18(14-6-8-16(22)9-7-14)26-29-21(17)24-12-23-19/h6-9,12-13,15H,3-5,10-11H2,1-2H3,(H,25,28)/t13-,15+/m1/s1. The quantitative estimate of drug-likeness (QED) is 0.709. The lowest BCUT2D eigenvalue weighted by Gasteiger charge is -2.33. The van der Waals surface area contributed by atoms with Crippen LogP contribution in [0.25, 0.3) is 22.4 Å². The molecule has 0 spiro atoms. The van der Waals surface area contributed by atoms with Crippen molar-refractivity contribution >= 4 is 22.8 Å². The minimum atomic E-state index is -0.316. The molecule has 1 saturated heterocycles. The Morgan fingerprint density at radius 1 is 1.34 bits per heavy atom. The van der Waals surface area contributed by atoms with E-state index in [-0.39, 0.29) is 23.7 Å². The van der Waals surface area contributed by atoms with E-state index in [1.54, 1.807) is 12.1 Å². The van der Waals surface area contributed by atoms with Crippen LogP contribution < -0.4 is 10.2 Å². The number of nitrogens with zero attached hydrogens (tertiary/aromatic N) is 4. The lowest BCUT2D eigenvalue weighted by atomic mass is 9.96. The van der Waals surface area contributed by atoms with Crippen molar-refractivity contribution in [2.45, 2.75) is 39.2 Å². The molecule has 29 heavy (non-hydrogen) atoms. The molecule has 1 fully saturated rings. The molecule has 0 aliphatic carbocycles. The molecule has 0 unspecified atom stereocenters. The van der Waals surface area contributed by atoms with Crippen LogP contribution in [0.5, 0.6) is 0 Å². The predicted octanol–water partition coefficient (Wildman–Crippen LogP) is 3.56. The Kier molecular flexibility index (Phi) is 5.42. The summed E-state index contributed by atoms with van der Waals surface area (Å²) < 4.78 is 18.7. The molecule has 7 nitrogen and oxygen atoms in total. The summed E-state index contributed by atoms with van der Waals surface area (Å²) >= 11 is 0. The molecule has 3 aromatic rings. The first kappa shape index (κ1) is 19.3. The highest BCUT2D eigenvalue weighted by molar-refractivity contribution is 5.98. The van der Waals surface area contributed by atoms with Crippen molar-refractivity contribution in [2.24, 2.45) is 5.92 Å². The number of halogens is 1. The Balaban J connectivity index is 1.66. The minimum absolute atomic E-state index is 0.0819. The molecular formula is C21H24FN5O2. The lowest BCUT2D eigenvalue weighted by Crippen LogP contribution is -2.45. The normalized spacial score (nSPS) is 18.0. The number of fused-ring (bicyclic) bond motifs is 1. The van der Waals surface area contributed by atoms with Crippen LogP contribution in [0, 0.1) is 11.7 Å². The van der Waals surface area contributed by atoms with Crippen LogP contribution in [-0.4, -0.2) is 40.2 Å². The van der Waals surface area contributed by atoms with Gasteiger partial charge in [-0.2, -0.15) is 4.98 Å². The van der Waals surface area contributed by atoms with E-state index in [2.05, 4.69) is 32.3 Å². The number of amides is 1. The van der Waals surface area contributed by atoms with E-state index in [1.807, 2.05) is 6.92 Å². The van der Waals surface area contributed by atoms with Gasteiger partial charge >= 0.3 is 0 Å². The summed E-state index contributed by atoms with van der Waals surface area (Å²) in [7, 11) is 0. The van der Waals surface area contributed by atoms with Crippen molar-refractivity contribution in [1.82, 2.24) is 20.4 Å². The van der Waals surface area contributed by atoms with Gasteiger partial charge in [0, 0.05) is 24.7 Å². The number of hydrogen-bond donors (Lipinski definition) is 1. The minimum Gasteiger partial charge on any atom is -0.355 e. The third kappa shape index (κ3) is 3.92. The van der Waals surface area contributed by atoms with Crippen molar-refractivity contribution in [3.63, 3.8) is 0 Å². The van der Waals surface area contributed by atoms with Crippen molar-refractivity contribution in [1.29, 1.82) is 0 Å². The average molecular weight is 397 g/mol. The summed E-state index contributed by atoms with van der Waals surface area (Å²) in [5.41, 5.74) is 1.67. The van der Waals surface area contributed by atoms with Crippen LogP contribution in [0.1, 0.15) is 33.1 Å². The molecule has 4 rings (SSSR count). The number of rotatable bonds is 5. The largest absolute Gasteiger partial charge is 0.355 e. The molecule has 152 valence electrons. The summed E-state index contributed by atoms with van der Waals surface area (Å²) in [5, 5.41) is 7.91. The molecule has 0 radical (unpaired) electrons. The maximum Gasteiger partial charge on any atom is 0.263 e. The molecule has 0 saturated carbocycles. The van der Waals surface area contributed by atoms with Crippen LogP contribution in [0.3, 0.4) is 0 Å². The molecule has 2 atom stereocenters. The van der Waals surface area contributed by atoms with E-state index in [9.17, 15) is 9.18 Å². The second-order valence-corrected chi connectivity index (χ2v) is 7.52. The van der Waals surface area contributed by atoms with Gasteiger partial charge in [0.1, 0.15) is 29.0 Å². The monoisotopic (exact) mass is 397 g/mol. The first-order valence-corrected chi connectivity index (χ1v) is 9.98. The van der Waals surface area contributed by atoms with Gasteiger partial charge in [0.05, 0.1) is 5.92 Å². The predicted molar refractivity (Wildman–Crippen MR) is 108 cm³/mol. The van der Waals surface area contributed by atoms with Crippen LogP contribution in [0.15, 0.2) is 35.1 Å². The van der Waals surface area contributed by atoms with Gasteiger partial charge in [0.2, 0.25) is 5.91 Å². The zero-order valence-electron chi connectivity index (χ0n) is 16.6. The Bertz CT molecular complexity index is 1000. The van der Waals surface area contributed by atoms with Crippen LogP contribution in [0.4, 0.5) is 10.2 Å². The van der Waals surface area contributed by atoms with Gasteiger partial charge in [-0.15, -0.1) is 0 Å². The number of nitrogens with one attached hydrogen (secondary N) is 1. The number of anilines is 1. The number of carbonyl (C=O) groups excluding carboxylic acids is 1. The molecule has 1 aliphatic heterocycles. The molecule has 1 aliphatic rings. The van der Waals surface area contributed by atoms with E-state index in [0.29, 0.717) is 29.2 Å². The van der Waals surface area contributed by atoms with Gasteiger partial charge in [-0.1, -0.05) is 12.1 Å². The fraction of sp³-hybridized carbons (Fsp3) is 0.429. The fourth-order valence-electron chi connectivity index (χ4n) is 3.66. The smallest absolute Gasteiger partial charge is 0.263 e. The number of aromatic nitrogens is 3. The summed E-state index contributed by atoms with van der Waals surface area (Å²) in [6.07, 6.45) is 4.08. The van der Waals surface area contributed by atoms with E-state index in [1.165, 1.54) is 18.5 Å². The summed E-state index contributed by atoms with van der Waals surface area (Å²) in [5.74, 6) is 0.358. The first-order chi connectivity index (χ1) is 14.1. The Labute approximate surface area is 168 Å². The van der Waals surface area contributed by atoms with Crippen LogP contribution >= 0.6 is 0 Å². The van der Waals surface area contributed by atoms with Gasteiger partial charge in [0.25, 0.3) is 5.71 Å². The molecular weight excluding hydrogens is 373 g/mol. The van der Waals surface area contributed by atoms with E-state index >= 15 is 0 Å². The summed E-state index contributed by atoms with van der Waals surface area (Å²) in [6, 6.07) is 6.24. The maximum absolute atomic E-state index is 13.3. The maximum atomic E-state index is 13.3. The van der Waals surface area contributed by atoms with Gasteiger partial charge in [-0.05, 0) is 50.5 Å². The Hall–Kier alpha value is -3.03. The van der Waals surface area contributed by atoms with E-state index in [4.69, 9.17) is 4.52 Å². The highest BCUT2D eigenvalue weighted by Crippen LogP contribution is 2.34. The number of benzene rings is 1. The average Bonchev–Trinajstić information content (AvgIpc) is 3.18. The number of hydrogen-bond acceptors (Lipinski definition) is 6. The number of piperidine rings is 1. The highest BCUT2D eigenvalue weighted by Gasteiger charge is 2.29. The first-order valence-electron chi connectivity index (χ1n) is 9.98. The summed E-state index contributed by atoms with van der Waals surface area (Å²) in [4.78, 5) is 23.4. The molecule has 0 bridgehead atoms. The molecule has 1 amide bonds. The molecule has 3 heterocycles. The van der Waals surface area contributed by atoms with Crippen LogP contribution in [-0.2, 0) is 4.79 Å². The SMILES string of the molecule is CC[C@@H](C)NC(=O)[C@H]1CCCN(c2ncnc3onc(-c4ccc(F)cc4)c23)C1. The second kappa shape index (κ2) is 8.14. The third-order valence-electron chi connectivity index (χ3n) is 5.46. The van der Waals surface area contributed by atoms with Crippen LogP contribution in [0.2, 0.25) is 0 Å². The molecule has 8 heteroatoms. The van der Waals surface area contributed by atoms with Crippen molar-refractivity contribution in [2.75, 3.05) is 18.0 Å². The molecule has 1 aromatic carbocycles. The van der Waals surface area contributed by atoms with E-state index in [0.717, 1.165) is 31.4 Å². The number of carbonyl (C=O) groups is 1. The topological polar surface area (TPSA) is 84.2 Å². The third-order valence-corrected chi connectivity index (χ3v) is 5.46. The fourth-order valence-corrected chi connectivity index (χ4v) is 3.66. The van der Waals surface area contributed by atoms with Crippen molar-refractivity contribution in [3.8, 4) is 11.3 Å². The highest BCUT2D eigenvalue weighted by atomic mass is 19.1. The van der Waals surface area contributed by atoms with Gasteiger partial charge in [-0.25, -0.2) is 9.37 Å². The van der Waals surface area contributed by atoms with Gasteiger partial charge in [0.15, 0.2) is 0 Å². The molecule has 2 aromatic heterocycles. The molecule has 1 N–H and O–H groups in total. The van der Waals surface area contributed by atoms with E-state index < -0.39 is 0 Å². The zero-order chi connectivity index (χ0) is 20.4.